The highest BCUT2D eigenvalue weighted by Crippen LogP contribution is 2.21. The molecule has 0 aliphatic rings. The summed E-state index contributed by atoms with van der Waals surface area (Å²) in [5.74, 6) is 7.44. The topological polar surface area (TPSA) is 95.1 Å². The van der Waals surface area contributed by atoms with Crippen molar-refractivity contribution in [2.45, 2.75) is 38.6 Å². The maximum absolute atomic E-state index is 12.2. The molecule has 2 aromatic carbocycles. The summed E-state index contributed by atoms with van der Waals surface area (Å²) >= 11 is 1.24. The molecule has 152 valence electrons. The largest absolute Gasteiger partial charge is 0.485 e. The van der Waals surface area contributed by atoms with E-state index in [1.807, 2.05) is 63.2 Å². The van der Waals surface area contributed by atoms with Crippen LogP contribution in [0.4, 0.5) is 0 Å². The quantitative estimate of drug-likeness (QED) is 0.437. The summed E-state index contributed by atoms with van der Waals surface area (Å²) in [5.41, 5.74) is 3.28. The second kappa shape index (κ2) is 9.47. The van der Waals surface area contributed by atoms with Crippen molar-refractivity contribution >= 4 is 17.7 Å². The zero-order valence-corrected chi connectivity index (χ0v) is 17.6. The molecule has 0 saturated heterocycles. The molecule has 0 spiro atoms. The van der Waals surface area contributed by atoms with E-state index >= 15 is 0 Å². The van der Waals surface area contributed by atoms with Gasteiger partial charge in [0.15, 0.2) is 5.82 Å². The smallest absolute Gasteiger partial charge is 0.230 e. The van der Waals surface area contributed by atoms with Gasteiger partial charge in [0.2, 0.25) is 11.1 Å². The van der Waals surface area contributed by atoms with E-state index in [2.05, 4.69) is 21.6 Å². The van der Waals surface area contributed by atoms with Crippen LogP contribution in [0.5, 0.6) is 5.75 Å². The molecule has 0 fully saturated rings. The molecule has 0 aliphatic heterocycles. The Morgan fingerprint density at radius 3 is 2.69 bits per heavy atom. The van der Waals surface area contributed by atoms with E-state index in [1.165, 1.54) is 22.0 Å². The van der Waals surface area contributed by atoms with Gasteiger partial charge in [-0.05, 0) is 38.0 Å². The molecule has 3 rings (SSSR count). The lowest BCUT2D eigenvalue weighted by molar-refractivity contribution is -0.119. The third-order valence-electron chi connectivity index (χ3n) is 4.43. The minimum absolute atomic E-state index is 0.0678. The van der Waals surface area contributed by atoms with Crippen molar-refractivity contribution < 1.29 is 9.53 Å². The normalized spacial score (nSPS) is 11.8. The van der Waals surface area contributed by atoms with Crippen molar-refractivity contribution in [2.75, 3.05) is 11.6 Å². The van der Waals surface area contributed by atoms with Gasteiger partial charge in [-0.15, -0.1) is 10.2 Å². The van der Waals surface area contributed by atoms with Crippen LogP contribution in [0.3, 0.4) is 0 Å². The summed E-state index contributed by atoms with van der Waals surface area (Å²) in [4.78, 5) is 12.2. The van der Waals surface area contributed by atoms with Crippen LogP contribution in [-0.4, -0.2) is 26.5 Å². The Morgan fingerprint density at radius 2 is 1.97 bits per heavy atom. The molecular formula is C21H25N5O2S. The number of nitrogens with one attached hydrogen (secondary N) is 1. The Balaban J connectivity index is 1.52. The highest BCUT2D eigenvalue weighted by molar-refractivity contribution is 7.99. The lowest BCUT2D eigenvalue weighted by Gasteiger charge is -2.14. The van der Waals surface area contributed by atoms with Gasteiger partial charge >= 0.3 is 0 Å². The van der Waals surface area contributed by atoms with Crippen LogP contribution in [0.15, 0.2) is 53.7 Å². The first kappa shape index (κ1) is 20.7. The zero-order valence-electron chi connectivity index (χ0n) is 16.8. The number of ether oxygens (including phenoxy) is 1. The molecule has 0 aliphatic carbocycles. The number of nitrogens with two attached hydrogens (primary N) is 1. The van der Waals surface area contributed by atoms with E-state index in [9.17, 15) is 4.79 Å². The van der Waals surface area contributed by atoms with E-state index < -0.39 is 0 Å². The number of amides is 1. The van der Waals surface area contributed by atoms with E-state index in [1.54, 1.807) is 0 Å². The third kappa shape index (κ3) is 5.51. The average Bonchev–Trinajstić information content (AvgIpc) is 3.06. The molecule has 1 heterocycles. The summed E-state index contributed by atoms with van der Waals surface area (Å²) in [7, 11) is 0. The minimum atomic E-state index is -0.0950. The summed E-state index contributed by atoms with van der Waals surface area (Å²) in [6.45, 7) is 6.18. The second-order valence-corrected chi connectivity index (χ2v) is 7.76. The fraction of sp³-hybridized carbons (Fsp3) is 0.286. The summed E-state index contributed by atoms with van der Waals surface area (Å²) in [6.07, 6.45) is 0. The van der Waals surface area contributed by atoms with Gasteiger partial charge in [-0.1, -0.05) is 59.8 Å². The van der Waals surface area contributed by atoms with Gasteiger partial charge in [0, 0.05) is 0 Å². The number of carbonyl (C=O) groups is 1. The standard InChI is InChI=1S/C21H25N5O2S/c1-14-9-10-18(15(2)11-14)28-12-19-24-25-21(26(19)22)29-13-20(27)23-16(3)17-7-5-4-6-8-17/h4-11,16H,12-13,22H2,1-3H3,(H,23,27). The van der Waals surface area contributed by atoms with Gasteiger partial charge in [-0.25, -0.2) is 4.68 Å². The number of benzene rings is 2. The number of thioether (sulfide) groups is 1. The first-order valence-electron chi connectivity index (χ1n) is 9.30. The molecule has 7 nitrogen and oxygen atoms in total. The molecule has 1 aromatic heterocycles. The number of nitrogen functional groups attached to an aromatic ring is 1. The number of nitrogens with zero attached hydrogens (tertiary/aromatic N) is 3. The molecule has 0 saturated carbocycles. The van der Waals surface area contributed by atoms with Crippen LogP contribution >= 0.6 is 11.8 Å². The number of rotatable bonds is 8. The first-order valence-corrected chi connectivity index (χ1v) is 10.3. The van der Waals surface area contributed by atoms with Crippen molar-refractivity contribution in [3.63, 3.8) is 0 Å². The molecule has 8 heteroatoms. The van der Waals surface area contributed by atoms with Gasteiger partial charge in [0.1, 0.15) is 12.4 Å². The van der Waals surface area contributed by atoms with E-state index in [0.29, 0.717) is 11.0 Å². The van der Waals surface area contributed by atoms with Crippen LogP contribution < -0.4 is 15.9 Å². The Hall–Kier alpha value is -3.00. The van der Waals surface area contributed by atoms with Gasteiger partial charge in [0.25, 0.3) is 0 Å². The van der Waals surface area contributed by atoms with E-state index in [4.69, 9.17) is 10.6 Å². The molecule has 29 heavy (non-hydrogen) atoms. The Bertz CT molecular complexity index is 974. The Kier molecular flexibility index (Phi) is 6.77. The second-order valence-electron chi connectivity index (χ2n) is 6.81. The van der Waals surface area contributed by atoms with Gasteiger partial charge in [-0.2, -0.15) is 0 Å². The van der Waals surface area contributed by atoms with Crippen LogP contribution in [0.2, 0.25) is 0 Å². The van der Waals surface area contributed by atoms with Crippen molar-refractivity contribution in [2.24, 2.45) is 0 Å². The number of hydrogen-bond acceptors (Lipinski definition) is 6. The molecule has 1 amide bonds. The SMILES string of the molecule is Cc1ccc(OCc2nnc(SCC(=O)NC(C)c3ccccc3)n2N)c(C)c1. The van der Waals surface area contributed by atoms with Crippen molar-refractivity contribution in [1.29, 1.82) is 0 Å². The number of carbonyl (C=O) groups excluding carboxylic acids is 1. The maximum atomic E-state index is 12.2. The number of aromatic nitrogens is 3. The number of aryl methyl sites for hydroxylation is 2. The predicted molar refractivity (Wildman–Crippen MR) is 114 cm³/mol. The molecule has 0 bridgehead atoms. The maximum Gasteiger partial charge on any atom is 0.230 e. The Morgan fingerprint density at radius 1 is 1.21 bits per heavy atom. The number of hydrogen-bond donors (Lipinski definition) is 2. The van der Waals surface area contributed by atoms with Gasteiger partial charge in [-0.3, -0.25) is 4.79 Å². The predicted octanol–water partition coefficient (Wildman–Crippen LogP) is 3.16. The molecule has 0 radical (unpaired) electrons. The van der Waals surface area contributed by atoms with Crippen LogP contribution in [0, 0.1) is 13.8 Å². The minimum Gasteiger partial charge on any atom is -0.485 e. The molecule has 1 unspecified atom stereocenters. The molecule has 1 atom stereocenters. The van der Waals surface area contributed by atoms with Crippen molar-refractivity contribution in [3.8, 4) is 5.75 Å². The lowest BCUT2D eigenvalue weighted by atomic mass is 10.1. The van der Waals surface area contributed by atoms with E-state index in [-0.39, 0.29) is 24.3 Å². The summed E-state index contributed by atoms with van der Waals surface area (Å²) < 4.78 is 7.17. The van der Waals surface area contributed by atoms with E-state index in [0.717, 1.165) is 16.9 Å². The average molecular weight is 412 g/mol. The van der Waals surface area contributed by atoms with Crippen LogP contribution in [0.1, 0.15) is 35.5 Å². The van der Waals surface area contributed by atoms with Gasteiger partial charge in [0.05, 0.1) is 11.8 Å². The molecule has 3 N–H and O–H groups in total. The Labute approximate surface area is 174 Å². The first-order chi connectivity index (χ1) is 13.9. The lowest BCUT2D eigenvalue weighted by Crippen LogP contribution is -2.28. The van der Waals surface area contributed by atoms with Crippen molar-refractivity contribution in [1.82, 2.24) is 20.2 Å². The van der Waals surface area contributed by atoms with Crippen molar-refractivity contribution in [3.05, 3.63) is 71.0 Å². The summed E-state index contributed by atoms with van der Waals surface area (Å²) in [5, 5.41) is 11.6. The van der Waals surface area contributed by atoms with Gasteiger partial charge < -0.3 is 15.9 Å². The zero-order chi connectivity index (χ0) is 20.8. The third-order valence-corrected chi connectivity index (χ3v) is 5.37. The highest BCUT2D eigenvalue weighted by atomic mass is 32.2. The molecule has 3 aromatic rings. The highest BCUT2D eigenvalue weighted by Gasteiger charge is 2.15. The van der Waals surface area contributed by atoms with Crippen LogP contribution in [0.25, 0.3) is 0 Å². The fourth-order valence-corrected chi connectivity index (χ4v) is 3.53. The van der Waals surface area contributed by atoms with Crippen LogP contribution in [-0.2, 0) is 11.4 Å². The summed E-state index contributed by atoms with van der Waals surface area (Å²) in [6, 6.07) is 15.7. The fourth-order valence-electron chi connectivity index (χ4n) is 2.85. The molecular weight excluding hydrogens is 386 g/mol. The monoisotopic (exact) mass is 411 g/mol.